The molecule has 0 aromatic carbocycles. The molecule has 3 heterocycles. The SMILES string of the molecule is CSc1ccnc(N[C@@H]2CN(C(=O)Cn3cncn3)C[C@H]2C(F)(F)F)n1. The second-order valence-corrected chi connectivity index (χ2v) is 6.54. The van der Waals surface area contributed by atoms with Gasteiger partial charge in [0.25, 0.3) is 0 Å². The van der Waals surface area contributed by atoms with Gasteiger partial charge in [-0.05, 0) is 12.3 Å². The van der Waals surface area contributed by atoms with E-state index in [-0.39, 0.29) is 19.0 Å². The lowest BCUT2D eigenvalue weighted by Gasteiger charge is -2.21. The number of nitrogens with one attached hydrogen (secondary N) is 1. The largest absolute Gasteiger partial charge is 0.395 e. The molecule has 0 radical (unpaired) electrons. The van der Waals surface area contributed by atoms with E-state index in [1.165, 1.54) is 40.2 Å². The zero-order valence-electron chi connectivity index (χ0n) is 13.7. The lowest BCUT2D eigenvalue weighted by atomic mass is 10.0. The third kappa shape index (κ3) is 4.23. The first kappa shape index (κ1) is 18.4. The van der Waals surface area contributed by atoms with Gasteiger partial charge in [-0.15, -0.1) is 11.8 Å². The molecule has 0 bridgehead atoms. The molecule has 8 nitrogen and oxygen atoms in total. The van der Waals surface area contributed by atoms with Crippen LogP contribution in [0.15, 0.2) is 29.9 Å². The summed E-state index contributed by atoms with van der Waals surface area (Å²) in [6.45, 7) is -0.669. The summed E-state index contributed by atoms with van der Waals surface area (Å²) in [7, 11) is 0. The Morgan fingerprint density at radius 2 is 2.23 bits per heavy atom. The zero-order valence-corrected chi connectivity index (χ0v) is 14.5. The van der Waals surface area contributed by atoms with Crippen LogP contribution in [-0.2, 0) is 11.3 Å². The molecular weight excluding hydrogens is 371 g/mol. The molecular formula is C14H16F3N7OS. The molecule has 0 spiro atoms. The summed E-state index contributed by atoms with van der Waals surface area (Å²) < 4.78 is 41.5. The maximum absolute atomic E-state index is 13.4. The molecule has 140 valence electrons. The van der Waals surface area contributed by atoms with Crippen LogP contribution in [-0.4, -0.2) is 67.1 Å². The second kappa shape index (κ2) is 7.48. The molecule has 2 aromatic rings. The molecule has 12 heteroatoms. The van der Waals surface area contributed by atoms with Gasteiger partial charge >= 0.3 is 6.18 Å². The molecule has 1 fully saturated rings. The van der Waals surface area contributed by atoms with E-state index in [0.29, 0.717) is 5.03 Å². The highest BCUT2D eigenvalue weighted by molar-refractivity contribution is 7.98. The number of aromatic nitrogens is 5. The van der Waals surface area contributed by atoms with Crippen LogP contribution in [0.2, 0.25) is 0 Å². The molecule has 0 unspecified atom stereocenters. The lowest BCUT2D eigenvalue weighted by Crippen LogP contribution is -2.38. The van der Waals surface area contributed by atoms with Crippen LogP contribution in [0, 0.1) is 5.92 Å². The Morgan fingerprint density at radius 3 is 2.88 bits per heavy atom. The van der Waals surface area contributed by atoms with Gasteiger partial charge in [-0.2, -0.15) is 18.3 Å². The van der Waals surface area contributed by atoms with Crippen molar-refractivity contribution < 1.29 is 18.0 Å². The molecule has 1 saturated heterocycles. The smallest absolute Gasteiger partial charge is 0.349 e. The van der Waals surface area contributed by atoms with E-state index in [1.807, 2.05) is 6.26 Å². The fourth-order valence-corrected chi connectivity index (χ4v) is 3.10. The topological polar surface area (TPSA) is 88.8 Å². The van der Waals surface area contributed by atoms with E-state index in [0.717, 1.165) is 0 Å². The molecule has 0 saturated carbocycles. The monoisotopic (exact) mass is 387 g/mol. The Hall–Kier alpha value is -2.37. The first-order chi connectivity index (χ1) is 12.4. The highest BCUT2D eigenvalue weighted by atomic mass is 32.2. The Morgan fingerprint density at radius 1 is 1.42 bits per heavy atom. The van der Waals surface area contributed by atoms with Crippen LogP contribution in [0.4, 0.5) is 19.1 Å². The minimum Gasteiger partial charge on any atom is -0.349 e. The van der Waals surface area contributed by atoms with E-state index in [2.05, 4.69) is 25.4 Å². The Labute approximate surface area is 151 Å². The van der Waals surface area contributed by atoms with Crippen LogP contribution in [0.5, 0.6) is 0 Å². The summed E-state index contributed by atoms with van der Waals surface area (Å²) in [5, 5.41) is 7.17. The number of alkyl halides is 3. The van der Waals surface area contributed by atoms with Crippen molar-refractivity contribution in [1.82, 2.24) is 29.6 Å². The third-order valence-electron chi connectivity index (χ3n) is 4.01. The average molecular weight is 387 g/mol. The average Bonchev–Trinajstić information content (AvgIpc) is 3.24. The molecule has 1 aliphatic rings. The number of rotatable bonds is 5. The van der Waals surface area contributed by atoms with Gasteiger partial charge in [0.15, 0.2) is 0 Å². The summed E-state index contributed by atoms with van der Waals surface area (Å²) in [6.07, 6.45) is 1.44. The van der Waals surface area contributed by atoms with Crippen LogP contribution < -0.4 is 5.32 Å². The first-order valence-corrected chi connectivity index (χ1v) is 8.90. The maximum atomic E-state index is 13.4. The Balaban J connectivity index is 1.73. The van der Waals surface area contributed by atoms with Gasteiger partial charge in [-0.3, -0.25) is 4.79 Å². The Kier molecular flexibility index (Phi) is 5.30. The number of likely N-dealkylation sites (tertiary alicyclic amines) is 1. The zero-order chi connectivity index (χ0) is 18.7. The van der Waals surface area contributed by atoms with E-state index in [1.54, 1.807) is 6.07 Å². The quantitative estimate of drug-likeness (QED) is 0.611. The molecule has 1 amide bonds. The molecule has 1 aliphatic heterocycles. The van der Waals surface area contributed by atoms with Crippen molar-refractivity contribution in [3.05, 3.63) is 24.9 Å². The second-order valence-electron chi connectivity index (χ2n) is 5.71. The van der Waals surface area contributed by atoms with Crippen LogP contribution in [0.3, 0.4) is 0 Å². The van der Waals surface area contributed by atoms with Crippen molar-refractivity contribution in [3.8, 4) is 0 Å². The van der Waals surface area contributed by atoms with Crippen LogP contribution in [0.25, 0.3) is 0 Å². The van der Waals surface area contributed by atoms with E-state index in [4.69, 9.17) is 0 Å². The van der Waals surface area contributed by atoms with Crippen molar-refractivity contribution in [2.24, 2.45) is 5.92 Å². The minimum absolute atomic E-state index is 0.0927. The summed E-state index contributed by atoms with van der Waals surface area (Å²) >= 11 is 1.36. The lowest BCUT2D eigenvalue weighted by molar-refractivity contribution is -0.172. The van der Waals surface area contributed by atoms with Crippen molar-refractivity contribution in [3.63, 3.8) is 0 Å². The number of thioether (sulfide) groups is 1. The van der Waals surface area contributed by atoms with Gasteiger partial charge in [-0.25, -0.2) is 19.6 Å². The number of hydrogen-bond donors (Lipinski definition) is 1. The van der Waals surface area contributed by atoms with Gasteiger partial charge < -0.3 is 10.2 Å². The van der Waals surface area contributed by atoms with Crippen molar-refractivity contribution in [2.75, 3.05) is 24.7 Å². The molecule has 3 rings (SSSR count). The van der Waals surface area contributed by atoms with Crippen molar-refractivity contribution in [2.45, 2.75) is 23.8 Å². The fraction of sp³-hybridized carbons (Fsp3) is 0.500. The molecule has 0 aliphatic carbocycles. The standard InChI is InChI=1S/C14H16F3N7OS/c1-26-11-2-3-19-13(22-11)21-10-5-23(4-9(10)14(15,16)17)12(25)6-24-8-18-7-20-24/h2-3,7-10H,4-6H2,1H3,(H,19,21,22)/t9-,10-/m1/s1. The van der Waals surface area contributed by atoms with Gasteiger partial charge in [0, 0.05) is 19.3 Å². The van der Waals surface area contributed by atoms with Crippen LogP contribution in [0.1, 0.15) is 0 Å². The number of anilines is 1. The van der Waals surface area contributed by atoms with Gasteiger partial charge in [0.05, 0.1) is 12.0 Å². The molecule has 2 aromatic heterocycles. The summed E-state index contributed by atoms with van der Waals surface area (Å²) in [6, 6.07) is 0.645. The highest BCUT2D eigenvalue weighted by Gasteiger charge is 2.51. The summed E-state index contributed by atoms with van der Waals surface area (Å²) in [5.41, 5.74) is 0. The van der Waals surface area contributed by atoms with Crippen LogP contribution >= 0.6 is 11.8 Å². The first-order valence-electron chi connectivity index (χ1n) is 7.67. The number of hydrogen-bond acceptors (Lipinski definition) is 7. The van der Waals surface area contributed by atoms with Crippen molar-refractivity contribution >= 4 is 23.6 Å². The molecule has 2 atom stereocenters. The highest BCUT2D eigenvalue weighted by Crippen LogP contribution is 2.35. The third-order valence-corrected chi connectivity index (χ3v) is 4.66. The Bertz CT molecular complexity index is 755. The van der Waals surface area contributed by atoms with Gasteiger partial charge in [0.2, 0.25) is 11.9 Å². The predicted molar refractivity (Wildman–Crippen MR) is 87.4 cm³/mol. The molecule has 1 N–H and O–H groups in total. The predicted octanol–water partition coefficient (Wildman–Crippen LogP) is 1.29. The number of carbonyl (C=O) groups is 1. The summed E-state index contributed by atoms with van der Waals surface area (Å²) in [5.74, 6) is -2.04. The minimum atomic E-state index is -4.45. The maximum Gasteiger partial charge on any atom is 0.395 e. The molecule has 26 heavy (non-hydrogen) atoms. The number of nitrogens with zero attached hydrogens (tertiary/aromatic N) is 6. The number of halogens is 3. The van der Waals surface area contributed by atoms with Gasteiger partial charge in [0.1, 0.15) is 24.2 Å². The van der Waals surface area contributed by atoms with Gasteiger partial charge in [-0.1, -0.05) is 0 Å². The van der Waals surface area contributed by atoms with E-state index in [9.17, 15) is 18.0 Å². The van der Waals surface area contributed by atoms with Crippen molar-refractivity contribution in [1.29, 1.82) is 0 Å². The fourth-order valence-electron chi connectivity index (χ4n) is 2.73. The van der Waals surface area contributed by atoms with E-state index >= 15 is 0 Å². The van der Waals surface area contributed by atoms with E-state index < -0.39 is 30.6 Å². The normalized spacial score (nSPS) is 20.4. The number of amides is 1. The number of carbonyl (C=O) groups excluding carboxylic acids is 1. The summed E-state index contributed by atoms with van der Waals surface area (Å²) in [4.78, 5) is 25.3.